The Kier molecular flexibility index (Phi) is 3.80. The molecule has 0 radical (unpaired) electrons. The van der Waals surface area contributed by atoms with Gasteiger partial charge in [0.1, 0.15) is 0 Å². The molecule has 17 heavy (non-hydrogen) atoms. The summed E-state index contributed by atoms with van der Waals surface area (Å²) in [5.74, 6) is 3.59. The van der Waals surface area contributed by atoms with Crippen LogP contribution in [-0.4, -0.2) is 35.6 Å². The summed E-state index contributed by atoms with van der Waals surface area (Å²) >= 11 is 0. The Hall–Kier alpha value is -0.520. The first kappa shape index (κ1) is 12.9. The van der Waals surface area contributed by atoms with E-state index in [0.29, 0.717) is 17.5 Å². The monoisotopic (exact) mass is 234 g/mol. The molecule has 2 nitrogen and oxygen atoms in total. The average Bonchev–Trinajstić information content (AvgIpc) is 2.76. The Balaban J connectivity index is 2.13. The van der Waals surface area contributed by atoms with Crippen molar-refractivity contribution in [3.8, 4) is 12.3 Å². The molecule has 0 bridgehead atoms. The number of hydrogen-bond donors (Lipinski definition) is 1. The zero-order valence-electron chi connectivity index (χ0n) is 11.5. The molecule has 1 N–H and O–H groups in total. The van der Waals surface area contributed by atoms with Gasteiger partial charge in [-0.3, -0.25) is 4.90 Å². The van der Waals surface area contributed by atoms with E-state index >= 15 is 0 Å². The molecule has 2 rings (SSSR count). The van der Waals surface area contributed by atoms with Crippen LogP contribution in [0.25, 0.3) is 0 Å². The lowest BCUT2D eigenvalue weighted by Crippen LogP contribution is -2.65. The van der Waals surface area contributed by atoms with Crippen molar-refractivity contribution in [2.24, 2.45) is 5.92 Å². The van der Waals surface area contributed by atoms with Gasteiger partial charge in [0.15, 0.2) is 0 Å². The fourth-order valence-electron chi connectivity index (χ4n) is 3.49. The molecule has 1 aliphatic heterocycles. The lowest BCUT2D eigenvalue weighted by molar-refractivity contribution is 0.0438. The smallest absolute Gasteiger partial charge is 0.0686 e. The summed E-state index contributed by atoms with van der Waals surface area (Å²) in [6.45, 7) is 9.01. The van der Waals surface area contributed by atoms with Crippen molar-refractivity contribution in [1.29, 1.82) is 0 Å². The minimum absolute atomic E-state index is 0.266. The number of nitrogens with zero attached hydrogens (tertiary/aromatic N) is 1. The number of nitrogens with one attached hydrogen (secondary N) is 1. The normalized spacial score (nSPS) is 30.6. The lowest BCUT2D eigenvalue weighted by atomic mass is 9.88. The van der Waals surface area contributed by atoms with E-state index in [-0.39, 0.29) is 6.04 Å². The summed E-state index contributed by atoms with van der Waals surface area (Å²) in [5, 5.41) is 3.82. The van der Waals surface area contributed by atoms with Crippen molar-refractivity contribution in [3.63, 3.8) is 0 Å². The van der Waals surface area contributed by atoms with Crippen LogP contribution in [0.2, 0.25) is 0 Å². The van der Waals surface area contributed by atoms with Crippen molar-refractivity contribution in [2.45, 2.75) is 64.1 Å². The maximum atomic E-state index is 5.64. The van der Waals surface area contributed by atoms with Gasteiger partial charge in [0.05, 0.1) is 6.04 Å². The largest absolute Gasteiger partial charge is 0.308 e. The highest BCUT2D eigenvalue weighted by Gasteiger charge is 2.42. The van der Waals surface area contributed by atoms with E-state index in [4.69, 9.17) is 6.42 Å². The van der Waals surface area contributed by atoms with Crippen LogP contribution in [-0.2, 0) is 0 Å². The third-order valence-corrected chi connectivity index (χ3v) is 4.67. The Morgan fingerprint density at radius 2 is 1.94 bits per heavy atom. The molecule has 1 heterocycles. The molecule has 1 spiro atoms. The van der Waals surface area contributed by atoms with Crippen LogP contribution in [0, 0.1) is 18.3 Å². The fraction of sp³-hybridized carbons (Fsp3) is 0.867. The highest BCUT2D eigenvalue weighted by molar-refractivity contribution is 5.07. The fourth-order valence-corrected chi connectivity index (χ4v) is 3.49. The topological polar surface area (TPSA) is 15.3 Å². The molecule has 0 amide bonds. The molecular weight excluding hydrogens is 208 g/mol. The van der Waals surface area contributed by atoms with Crippen molar-refractivity contribution in [1.82, 2.24) is 10.2 Å². The zero-order valence-corrected chi connectivity index (χ0v) is 11.5. The van der Waals surface area contributed by atoms with Gasteiger partial charge in [-0.15, -0.1) is 6.42 Å². The molecule has 1 aliphatic carbocycles. The quantitative estimate of drug-likeness (QED) is 0.737. The zero-order chi connectivity index (χ0) is 12.5. The van der Waals surface area contributed by atoms with Crippen LogP contribution in [0.4, 0.5) is 0 Å². The summed E-state index contributed by atoms with van der Waals surface area (Å²) in [6.07, 6.45) is 11.0. The second-order valence-electron chi connectivity index (χ2n) is 6.19. The van der Waals surface area contributed by atoms with Gasteiger partial charge in [-0.2, -0.15) is 0 Å². The molecular formula is C15H26N2. The second kappa shape index (κ2) is 5.00. The number of rotatable bonds is 2. The van der Waals surface area contributed by atoms with Crippen LogP contribution in [0.15, 0.2) is 0 Å². The van der Waals surface area contributed by atoms with Crippen LogP contribution in [0.5, 0.6) is 0 Å². The average molecular weight is 234 g/mol. The van der Waals surface area contributed by atoms with Crippen molar-refractivity contribution >= 4 is 0 Å². The summed E-state index contributed by atoms with van der Waals surface area (Å²) in [7, 11) is 0. The van der Waals surface area contributed by atoms with E-state index in [9.17, 15) is 0 Å². The van der Waals surface area contributed by atoms with E-state index in [1.165, 1.54) is 25.7 Å². The number of piperazine rings is 1. The first-order valence-electron chi connectivity index (χ1n) is 7.05. The summed E-state index contributed by atoms with van der Waals surface area (Å²) in [5.41, 5.74) is 0.372. The maximum Gasteiger partial charge on any atom is 0.0686 e. The van der Waals surface area contributed by atoms with Crippen LogP contribution >= 0.6 is 0 Å². The summed E-state index contributed by atoms with van der Waals surface area (Å²) < 4.78 is 0. The van der Waals surface area contributed by atoms with Gasteiger partial charge in [-0.25, -0.2) is 0 Å². The van der Waals surface area contributed by atoms with E-state index in [1.807, 2.05) is 0 Å². The molecule has 2 fully saturated rings. The molecule has 2 unspecified atom stereocenters. The summed E-state index contributed by atoms with van der Waals surface area (Å²) in [4.78, 5) is 2.56. The third kappa shape index (κ3) is 2.51. The molecule has 0 aromatic heterocycles. The standard InChI is InChI=1S/C15H26N2/c1-5-13(4)17-11-15(8-6-7-9-15)16-10-14(17)12(2)3/h1,12-14,16H,6-11H2,2-4H3. The van der Waals surface area contributed by atoms with Gasteiger partial charge in [-0.1, -0.05) is 32.6 Å². The Morgan fingerprint density at radius 1 is 1.29 bits per heavy atom. The highest BCUT2D eigenvalue weighted by atomic mass is 15.3. The Labute approximate surface area is 106 Å². The highest BCUT2D eigenvalue weighted by Crippen LogP contribution is 2.34. The Morgan fingerprint density at radius 3 is 2.47 bits per heavy atom. The van der Waals surface area contributed by atoms with E-state index in [0.717, 1.165) is 13.1 Å². The van der Waals surface area contributed by atoms with Crippen LogP contribution in [0.3, 0.4) is 0 Å². The predicted octanol–water partition coefficient (Wildman–Crippen LogP) is 2.25. The van der Waals surface area contributed by atoms with Crippen molar-refractivity contribution < 1.29 is 0 Å². The molecule has 0 aromatic rings. The van der Waals surface area contributed by atoms with Gasteiger partial charge >= 0.3 is 0 Å². The predicted molar refractivity (Wildman–Crippen MR) is 72.8 cm³/mol. The molecule has 2 aliphatic rings. The minimum atomic E-state index is 0.266. The van der Waals surface area contributed by atoms with Gasteiger partial charge in [0, 0.05) is 24.7 Å². The molecule has 96 valence electrons. The molecule has 2 heteroatoms. The van der Waals surface area contributed by atoms with Crippen LogP contribution < -0.4 is 5.32 Å². The second-order valence-corrected chi connectivity index (χ2v) is 6.19. The molecule has 1 saturated carbocycles. The molecule has 1 saturated heterocycles. The Bertz CT molecular complexity index is 297. The maximum absolute atomic E-state index is 5.64. The van der Waals surface area contributed by atoms with Crippen LogP contribution in [0.1, 0.15) is 46.5 Å². The summed E-state index contributed by atoms with van der Waals surface area (Å²) in [6, 6.07) is 0.856. The van der Waals surface area contributed by atoms with Gasteiger partial charge in [0.25, 0.3) is 0 Å². The SMILES string of the molecule is C#CC(C)N1CC2(CCCC2)NCC1C(C)C. The van der Waals surface area contributed by atoms with Crippen molar-refractivity contribution in [2.75, 3.05) is 13.1 Å². The number of hydrogen-bond acceptors (Lipinski definition) is 2. The van der Waals surface area contributed by atoms with Gasteiger partial charge in [-0.05, 0) is 25.7 Å². The van der Waals surface area contributed by atoms with E-state index in [1.54, 1.807) is 0 Å². The minimum Gasteiger partial charge on any atom is -0.308 e. The molecule has 2 atom stereocenters. The third-order valence-electron chi connectivity index (χ3n) is 4.67. The van der Waals surface area contributed by atoms with Crippen molar-refractivity contribution in [3.05, 3.63) is 0 Å². The first-order chi connectivity index (χ1) is 8.08. The lowest BCUT2D eigenvalue weighted by Gasteiger charge is -2.49. The van der Waals surface area contributed by atoms with Gasteiger partial charge < -0.3 is 5.32 Å². The number of terminal acetylenes is 1. The first-order valence-corrected chi connectivity index (χ1v) is 7.05. The van der Waals surface area contributed by atoms with E-state index in [2.05, 4.69) is 36.9 Å². The van der Waals surface area contributed by atoms with E-state index < -0.39 is 0 Å². The molecule has 0 aromatic carbocycles. The van der Waals surface area contributed by atoms with Gasteiger partial charge in [0.2, 0.25) is 0 Å².